The Bertz CT molecular complexity index is 517. The van der Waals surface area contributed by atoms with Gasteiger partial charge in [0.05, 0.1) is 5.56 Å². The zero-order valence-corrected chi connectivity index (χ0v) is 14.0. The molecule has 0 aliphatic rings. The number of benzene rings is 1. The molecule has 1 aromatic rings. The van der Waals surface area contributed by atoms with Crippen molar-refractivity contribution in [2.45, 2.75) is 51.5 Å². The van der Waals surface area contributed by atoms with Crippen LogP contribution in [0.5, 0.6) is 5.75 Å². The van der Waals surface area contributed by atoms with Crippen molar-refractivity contribution in [2.75, 3.05) is 0 Å². The van der Waals surface area contributed by atoms with Gasteiger partial charge in [-0.3, -0.25) is 0 Å². The lowest BCUT2D eigenvalue weighted by Gasteiger charge is -2.36. The van der Waals surface area contributed by atoms with Gasteiger partial charge in [-0.25, -0.2) is 0 Å². The van der Waals surface area contributed by atoms with Crippen LogP contribution in [0.15, 0.2) is 18.2 Å². The van der Waals surface area contributed by atoms with Gasteiger partial charge in [-0.15, -0.1) is 0 Å². The molecule has 0 atom stereocenters. The molecule has 1 aromatic carbocycles. The van der Waals surface area contributed by atoms with Crippen molar-refractivity contribution in [3.05, 3.63) is 29.3 Å². The molecule has 0 radical (unpaired) electrons. The van der Waals surface area contributed by atoms with Gasteiger partial charge in [0, 0.05) is 6.42 Å². The van der Waals surface area contributed by atoms with Crippen LogP contribution in [0.25, 0.3) is 0 Å². The van der Waals surface area contributed by atoms with E-state index in [-0.39, 0.29) is 17.2 Å². The third-order valence-electron chi connectivity index (χ3n) is 3.79. The highest BCUT2D eigenvalue weighted by atomic mass is 28.4. The second kappa shape index (κ2) is 5.83. The number of hydrogen-bond donors (Lipinski definition) is 0. The van der Waals surface area contributed by atoms with Gasteiger partial charge in [0.15, 0.2) is 0 Å². The predicted molar refractivity (Wildman–Crippen MR) is 79.0 cm³/mol. The van der Waals surface area contributed by atoms with Gasteiger partial charge in [-0.2, -0.15) is 13.2 Å². The molecule has 0 fully saturated rings. The van der Waals surface area contributed by atoms with Crippen LogP contribution >= 0.6 is 0 Å². The number of halogens is 3. The topological polar surface area (TPSA) is 26.3 Å². The third kappa shape index (κ3) is 4.59. The monoisotopic (exact) mass is 318 g/mol. The van der Waals surface area contributed by atoms with Crippen molar-refractivity contribution in [3.8, 4) is 5.75 Å². The van der Waals surface area contributed by atoms with E-state index in [1.165, 1.54) is 6.07 Å². The van der Waals surface area contributed by atoms with Gasteiger partial charge in [-0.1, -0.05) is 20.8 Å². The minimum absolute atomic E-state index is 0.0578. The molecule has 0 bridgehead atoms. The summed E-state index contributed by atoms with van der Waals surface area (Å²) >= 11 is 0. The van der Waals surface area contributed by atoms with Gasteiger partial charge in [0.25, 0.3) is 0 Å². The maximum absolute atomic E-state index is 12.9. The molecule has 0 aliphatic carbocycles. The summed E-state index contributed by atoms with van der Waals surface area (Å²) in [4.78, 5) is 10.6. The quantitative estimate of drug-likeness (QED) is 0.587. The highest BCUT2D eigenvalue weighted by Crippen LogP contribution is 2.39. The van der Waals surface area contributed by atoms with E-state index in [0.717, 1.165) is 12.1 Å². The molecule has 1 rings (SSSR count). The number of carbonyl (C=O) groups is 1. The summed E-state index contributed by atoms with van der Waals surface area (Å²) in [7, 11) is -2.23. The highest BCUT2D eigenvalue weighted by Gasteiger charge is 2.39. The van der Waals surface area contributed by atoms with Crippen LogP contribution in [-0.2, 0) is 17.4 Å². The molecule has 21 heavy (non-hydrogen) atoms. The maximum Gasteiger partial charge on any atom is 0.416 e. The van der Waals surface area contributed by atoms with E-state index >= 15 is 0 Å². The first-order valence-electron chi connectivity index (χ1n) is 6.70. The molecule has 0 N–H and O–H groups in total. The summed E-state index contributed by atoms with van der Waals surface area (Å²) in [6.45, 7) is 9.97. The standard InChI is InChI=1S/C15H21F3O2Si/c1-14(2,3)21(4,5)20-13-9-11(6-7-19)8-12(10-13)15(16,17)18/h7-10H,6H2,1-5H3. The SMILES string of the molecule is CC(C)(C)[Si](C)(C)Oc1cc(CC=O)cc(C(F)(F)F)c1. The Labute approximate surface area is 124 Å². The smallest absolute Gasteiger partial charge is 0.416 e. The molecular formula is C15H21F3O2Si. The second-order valence-corrected chi connectivity index (χ2v) is 11.3. The van der Waals surface area contributed by atoms with Crippen LogP contribution in [0, 0.1) is 0 Å². The molecule has 0 aromatic heterocycles. The summed E-state index contributed by atoms with van der Waals surface area (Å²) in [5, 5.41) is -0.119. The fourth-order valence-corrected chi connectivity index (χ4v) is 2.56. The van der Waals surface area contributed by atoms with Crippen molar-refractivity contribution >= 4 is 14.6 Å². The van der Waals surface area contributed by atoms with Gasteiger partial charge < -0.3 is 9.22 Å². The summed E-state index contributed by atoms with van der Waals surface area (Å²) in [5.41, 5.74) is -0.468. The van der Waals surface area contributed by atoms with Crippen LogP contribution in [0.3, 0.4) is 0 Å². The Morgan fingerprint density at radius 3 is 2.14 bits per heavy atom. The third-order valence-corrected chi connectivity index (χ3v) is 8.15. The van der Waals surface area contributed by atoms with Crippen LogP contribution < -0.4 is 4.43 Å². The molecule has 6 heteroatoms. The fourth-order valence-electron chi connectivity index (χ4n) is 1.55. The lowest BCUT2D eigenvalue weighted by Crippen LogP contribution is -2.43. The van der Waals surface area contributed by atoms with Gasteiger partial charge in [0.1, 0.15) is 12.0 Å². The van der Waals surface area contributed by atoms with E-state index < -0.39 is 20.1 Å². The summed E-state index contributed by atoms with van der Waals surface area (Å²) in [6, 6.07) is 3.52. The van der Waals surface area contributed by atoms with Gasteiger partial charge >= 0.3 is 6.18 Å². The lowest BCUT2D eigenvalue weighted by atomic mass is 10.1. The molecule has 2 nitrogen and oxygen atoms in total. The summed E-state index contributed by atoms with van der Waals surface area (Å²) in [5.74, 6) is 0.188. The van der Waals surface area contributed by atoms with E-state index in [0.29, 0.717) is 11.8 Å². The predicted octanol–water partition coefficient (Wildman–Crippen LogP) is 4.83. The average Bonchev–Trinajstić information content (AvgIpc) is 2.25. The molecule has 0 aliphatic heterocycles. The van der Waals surface area contributed by atoms with Crippen molar-refractivity contribution in [3.63, 3.8) is 0 Å². The minimum Gasteiger partial charge on any atom is -0.543 e. The minimum atomic E-state index is -4.45. The maximum atomic E-state index is 12.9. The summed E-state index contributed by atoms with van der Waals surface area (Å²) < 4.78 is 44.7. The zero-order chi connectivity index (χ0) is 16.5. The van der Waals surface area contributed by atoms with E-state index in [1.807, 2.05) is 33.9 Å². The largest absolute Gasteiger partial charge is 0.543 e. The molecule has 0 spiro atoms. The van der Waals surface area contributed by atoms with Crippen molar-refractivity contribution in [2.24, 2.45) is 0 Å². The van der Waals surface area contributed by atoms with Crippen molar-refractivity contribution in [1.29, 1.82) is 0 Å². The molecular weight excluding hydrogens is 297 g/mol. The fraction of sp³-hybridized carbons (Fsp3) is 0.533. The lowest BCUT2D eigenvalue weighted by molar-refractivity contribution is -0.137. The van der Waals surface area contributed by atoms with E-state index in [9.17, 15) is 18.0 Å². The summed E-state index contributed by atoms with van der Waals surface area (Å²) in [6.07, 6.45) is -3.92. The molecule has 0 heterocycles. The number of carbonyl (C=O) groups excluding carboxylic acids is 1. The first-order valence-corrected chi connectivity index (χ1v) is 9.61. The van der Waals surface area contributed by atoms with Crippen LogP contribution in [-0.4, -0.2) is 14.6 Å². The number of alkyl halides is 3. The number of aldehydes is 1. The number of hydrogen-bond acceptors (Lipinski definition) is 2. The molecule has 0 amide bonds. The first kappa shape index (κ1) is 17.7. The Morgan fingerprint density at radius 2 is 1.71 bits per heavy atom. The molecule has 0 saturated heterocycles. The Morgan fingerprint density at radius 1 is 1.14 bits per heavy atom. The Hall–Kier alpha value is -1.30. The first-order chi connectivity index (χ1) is 9.37. The molecule has 0 unspecified atom stereocenters. The van der Waals surface area contributed by atoms with Crippen LogP contribution in [0.1, 0.15) is 31.9 Å². The normalized spacial score (nSPS) is 13.1. The van der Waals surface area contributed by atoms with E-state index in [1.54, 1.807) is 0 Å². The van der Waals surface area contributed by atoms with Gasteiger partial charge in [0.2, 0.25) is 8.32 Å². The Balaban J connectivity index is 3.24. The van der Waals surface area contributed by atoms with Crippen LogP contribution in [0.4, 0.5) is 13.2 Å². The van der Waals surface area contributed by atoms with E-state index in [4.69, 9.17) is 4.43 Å². The zero-order valence-electron chi connectivity index (χ0n) is 13.0. The van der Waals surface area contributed by atoms with Gasteiger partial charge in [-0.05, 0) is 41.9 Å². The molecule has 118 valence electrons. The number of rotatable bonds is 4. The van der Waals surface area contributed by atoms with Crippen LogP contribution in [0.2, 0.25) is 18.1 Å². The Kier molecular flexibility index (Phi) is 4.93. The second-order valence-electron chi connectivity index (χ2n) is 6.60. The van der Waals surface area contributed by atoms with Crippen molar-refractivity contribution < 1.29 is 22.4 Å². The molecule has 0 saturated carbocycles. The van der Waals surface area contributed by atoms with E-state index in [2.05, 4.69) is 0 Å². The highest BCUT2D eigenvalue weighted by molar-refractivity contribution is 6.74. The van der Waals surface area contributed by atoms with Crippen molar-refractivity contribution in [1.82, 2.24) is 0 Å². The average molecular weight is 318 g/mol.